The quantitative estimate of drug-likeness (QED) is 0.575. The molecule has 80 valence electrons. The fraction of sp³-hybridized carbons (Fsp3) is 0.778. The van der Waals surface area contributed by atoms with Gasteiger partial charge in [0.15, 0.2) is 0 Å². The van der Waals surface area contributed by atoms with Gasteiger partial charge in [-0.1, -0.05) is 0 Å². The van der Waals surface area contributed by atoms with Crippen LogP contribution in [0, 0.1) is 5.92 Å². The second kappa shape index (κ2) is 5.47. The van der Waals surface area contributed by atoms with Gasteiger partial charge in [0.05, 0.1) is 0 Å². The predicted molar refractivity (Wildman–Crippen MR) is 52.8 cm³/mol. The molecule has 1 fully saturated rings. The van der Waals surface area contributed by atoms with E-state index in [-0.39, 0.29) is 11.9 Å². The summed E-state index contributed by atoms with van der Waals surface area (Å²) >= 11 is 0. The van der Waals surface area contributed by atoms with Crippen LogP contribution in [0.2, 0.25) is 0 Å². The first-order chi connectivity index (χ1) is 6.72. The molecule has 0 aliphatic heterocycles. The highest BCUT2D eigenvalue weighted by molar-refractivity contribution is 5.78. The third-order valence-electron chi connectivity index (χ3n) is 2.15. The van der Waals surface area contributed by atoms with Gasteiger partial charge >= 0.3 is 6.03 Å². The van der Waals surface area contributed by atoms with Crippen LogP contribution in [-0.2, 0) is 4.79 Å². The molecule has 0 unspecified atom stereocenters. The highest BCUT2D eigenvalue weighted by Gasteiger charge is 2.21. The monoisotopic (exact) mass is 199 g/mol. The van der Waals surface area contributed by atoms with Crippen molar-refractivity contribution in [2.75, 3.05) is 20.1 Å². The van der Waals surface area contributed by atoms with E-state index in [0.29, 0.717) is 18.9 Å². The zero-order valence-electron chi connectivity index (χ0n) is 8.43. The maximum Gasteiger partial charge on any atom is 0.314 e. The van der Waals surface area contributed by atoms with E-state index in [9.17, 15) is 9.59 Å². The smallest absolute Gasteiger partial charge is 0.314 e. The largest absolute Gasteiger partial charge is 0.356 e. The molecule has 3 N–H and O–H groups in total. The predicted octanol–water partition coefficient (Wildman–Crippen LogP) is -0.168. The highest BCUT2D eigenvalue weighted by Crippen LogP contribution is 2.27. The minimum absolute atomic E-state index is 0.00769. The first kappa shape index (κ1) is 10.8. The maximum atomic E-state index is 11.2. The molecule has 0 aromatic carbocycles. The molecule has 0 saturated heterocycles. The van der Waals surface area contributed by atoms with E-state index in [0.717, 1.165) is 6.54 Å². The average molecular weight is 199 g/mol. The van der Waals surface area contributed by atoms with Crippen molar-refractivity contribution in [1.29, 1.82) is 0 Å². The minimum Gasteiger partial charge on any atom is -0.356 e. The Labute approximate surface area is 83.6 Å². The van der Waals surface area contributed by atoms with Gasteiger partial charge in [-0.2, -0.15) is 0 Å². The molecule has 0 spiro atoms. The van der Waals surface area contributed by atoms with Crippen molar-refractivity contribution in [2.45, 2.75) is 19.3 Å². The van der Waals surface area contributed by atoms with Crippen molar-refractivity contribution in [1.82, 2.24) is 16.0 Å². The lowest BCUT2D eigenvalue weighted by Crippen LogP contribution is -2.36. The lowest BCUT2D eigenvalue weighted by atomic mass is 10.3. The van der Waals surface area contributed by atoms with Crippen molar-refractivity contribution >= 4 is 11.9 Å². The maximum absolute atomic E-state index is 11.2. The number of nitrogens with one attached hydrogen (secondary N) is 3. The van der Waals surface area contributed by atoms with Crippen molar-refractivity contribution in [3.8, 4) is 0 Å². The van der Waals surface area contributed by atoms with E-state index in [2.05, 4.69) is 16.0 Å². The van der Waals surface area contributed by atoms with Crippen LogP contribution in [0.5, 0.6) is 0 Å². The summed E-state index contributed by atoms with van der Waals surface area (Å²) in [4.78, 5) is 21.9. The Balaban J connectivity index is 1.93. The lowest BCUT2D eigenvalue weighted by molar-refractivity contribution is -0.121. The van der Waals surface area contributed by atoms with Gasteiger partial charge in [-0.15, -0.1) is 0 Å². The fourth-order valence-electron chi connectivity index (χ4n) is 1.05. The molecule has 0 bridgehead atoms. The van der Waals surface area contributed by atoms with Crippen LogP contribution in [-0.4, -0.2) is 32.1 Å². The van der Waals surface area contributed by atoms with E-state index in [1.165, 1.54) is 12.8 Å². The van der Waals surface area contributed by atoms with Gasteiger partial charge < -0.3 is 16.0 Å². The Morgan fingerprint density at radius 3 is 2.57 bits per heavy atom. The Kier molecular flexibility index (Phi) is 4.22. The normalized spacial score (nSPS) is 14.6. The molecule has 14 heavy (non-hydrogen) atoms. The molecule has 0 aromatic heterocycles. The standard InChI is InChI=1S/C9H17N3O2/c1-10-9(14)11-5-4-8(13)12-6-7-2-3-7/h7H,2-6H2,1H3,(H,12,13)(H2,10,11,14). The number of hydrogen-bond donors (Lipinski definition) is 3. The van der Waals surface area contributed by atoms with Gasteiger partial charge in [0.25, 0.3) is 0 Å². The molecular formula is C9H17N3O2. The molecule has 1 aliphatic carbocycles. The number of carbonyl (C=O) groups excluding carboxylic acids is 2. The second-order valence-electron chi connectivity index (χ2n) is 3.50. The summed E-state index contributed by atoms with van der Waals surface area (Å²) in [6.07, 6.45) is 2.81. The molecule has 5 nitrogen and oxygen atoms in total. The van der Waals surface area contributed by atoms with Crippen LogP contribution in [0.25, 0.3) is 0 Å². The molecule has 3 amide bonds. The van der Waals surface area contributed by atoms with Crippen molar-refractivity contribution in [3.05, 3.63) is 0 Å². The molecule has 1 rings (SSSR count). The van der Waals surface area contributed by atoms with Crippen molar-refractivity contribution in [2.24, 2.45) is 5.92 Å². The van der Waals surface area contributed by atoms with Crippen LogP contribution >= 0.6 is 0 Å². The summed E-state index contributed by atoms with van der Waals surface area (Å²) in [5.41, 5.74) is 0. The van der Waals surface area contributed by atoms with Crippen molar-refractivity contribution in [3.63, 3.8) is 0 Å². The van der Waals surface area contributed by atoms with E-state index < -0.39 is 0 Å². The van der Waals surface area contributed by atoms with E-state index in [4.69, 9.17) is 0 Å². The summed E-state index contributed by atoms with van der Waals surface area (Å²) in [5, 5.41) is 7.80. The number of amides is 3. The van der Waals surface area contributed by atoms with E-state index in [1.54, 1.807) is 7.05 Å². The van der Waals surface area contributed by atoms with Gasteiger partial charge in [0.2, 0.25) is 5.91 Å². The third-order valence-corrected chi connectivity index (χ3v) is 2.15. The summed E-state index contributed by atoms with van der Waals surface area (Å²) < 4.78 is 0. The molecule has 0 aromatic rings. The lowest BCUT2D eigenvalue weighted by Gasteiger charge is -2.05. The number of urea groups is 1. The molecule has 5 heteroatoms. The van der Waals surface area contributed by atoms with Gasteiger partial charge in [0.1, 0.15) is 0 Å². The first-order valence-corrected chi connectivity index (χ1v) is 4.94. The topological polar surface area (TPSA) is 70.2 Å². The zero-order chi connectivity index (χ0) is 10.4. The van der Waals surface area contributed by atoms with E-state index >= 15 is 0 Å². The summed E-state index contributed by atoms with van der Waals surface area (Å²) in [7, 11) is 1.54. The average Bonchev–Trinajstić information content (AvgIpc) is 2.98. The fourth-order valence-corrected chi connectivity index (χ4v) is 1.05. The van der Waals surface area contributed by atoms with Crippen LogP contribution in [0.1, 0.15) is 19.3 Å². The van der Waals surface area contributed by atoms with Gasteiger partial charge in [0, 0.05) is 26.6 Å². The van der Waals surface area contributed by atoms with Crippen LogP contribution < -0.4 is 16.0 Å². The minimum atomic E-state index is -0.250. The zero-order valence-corrected chi connectivity index (χ0v) is 8.43. The number of rotatable bonds is 5. The van der Waals surface area contributed by atoms with Crippen LogP contribution in [0.3, 0.4) is 0 Å². The number of hydrogen-bond acceptors (Lipinski definition) is 2. The van der Waals surface area contributed by atoms with E-state index in [1.807, 2.05) is 0 Å². The first-order valence-electron chi connectivity index (χ1n) is 4.94. The molecule has 1 saturated carbocycles. The summed E-state index contributed by atoms with van der Waals surface area (Å²) in [6, 6.07) is -0.250. The van der Waals surface area contributed by atoms with Gasteiger partial charge in [-0.25, -0.2) is 4.79 Å². The Morgan fingerprint density at radius 2 is 2.00 bits per heavy atom. The number of carbonyl (C=O) groups is 2. The Bertz CT molecular complexity index is 214. The molecular weight excluding hydrogens is 182 g/mol. The Hall–Kier alpha value is -1.26. The van der Waals surface area contributed by atoms with Crippen molar-refractivity contribution < 1.29 is 9.59 Å². The van der Waals surface area contributed by atoms with Crippen LogP contribution in [0.4, 0.5) is 4.79 Å². The second-order valence-corrected chi connectivity index (χ2v) is 3.50. The Morgan fingerprint density at radius 1 is 1.29 bits per heavy atom. The molecule has 0 atom stereocenters. The van der Waals surface area contributed by atoms with Crippen LogP contribution in [0.15, 0.2) is 0 Å². The molecule has 1 aliphatic rings. The summed E-state index contributed by atoms with van der Waals surface area (Å²) in [6.45, 7) is 1.18. The highest BCUT2D eigenvalue weighted by atomic mass is 16.2. The SMILES string of the molecule is CNC(=O)NCCC(=O)NCC1CC1. The third kappa shape index (κ3) is 4.69. The molecule has 0 heterocycles. The summed E-state index contributed by atoms with van der Waals surface area (Å²) in [5.74, 6) is 0.708. The van der Waals surface area contributed by atoms with Gasteiger partial charge in [-0.05, 0) is 18.8 Å². The van der Waals surface area contributed by atoms with Gasteiger partial charge in [-0.3, -0.25) is 4.79 Å². The molecule has 0 radical (unpaired) electrons.